The Balaban J connectivity index is 0.00000264. The molecule has 130 valence electrons. The summed E-state index contributed by atoms with van der Waals surface area (Å²) in [5.74, 6) is 0.616. The zero-order chi connectivity index (χ0) is 16.1. The molecule has 1 fully saturated rings. The number of benzene rings is 1. The smallest absolute Gasteiger partial charge is 0.239 e. The number of nitrogens with zero attached hydrogens (tertiary/aromatic N) is 1. The first-order valence-corrected chi connectivity index (χ1v) is 8.83. The number of carbonyl (C=O) groups excluding carboxylic acids is 1. The number of morpholine rings is 1. The van der Waals surface area contributed by atoms with Crippen LogP contribution in [0.1, 0.15) is 23.7 Å². The van der Waals surface area contributed by atoms with Crippen LogP contribution >= 0.6 is 24.2 Å². The van der Waals surface area contributed by atoms with Crippen LogP contribution in [0.15, 0.2) is 18.2 Å². The third-order valence-corrected chi connectivity index (χ3v) is 4.53. The van der Waals surface area contributed by atoms with Crippen molar-refractivity contribution in [2.24, 2.45) is 5.73 Å². The molecule has 1 aliphatic rings. The number of rotatable bonds is 5. The number of halogens is 2. The van der Waals surface area contributed by atoms with Crippen molar-refractivity contribution in [3.63, 3.8) is 0 Å². The molecule has 0 radical (unpaired) electrons. The van der Waals surface area contributed by atoms with Gasteiger partial charge in [-0.05, 0) is 42.5 Å². The third kappa shape index (κ3) is 5.35. The Morgan fingerprint density at radius 3 is 2.96 bits per heavy atom. The zero-order valence-electron chi connectivity index (χ0n) is 13.5. The summed E-state index contributed by atoms with van der Waals surface area (Å²) in [7, 11) is 0. The summed E-state index contributed by atoms with van der Waals surface area (Å²) >= 11 is 1.68. The lowest BCUT2D eigenvalue weighted by molar-refractivity contribution is -0.140. The number of nitrogens with two attached hydrogens (primary N) is 1. The molecule has 1 saturated heterocycles. The Kier molecular flexibility index (Phi) is 8.33. The molecule has 1 heterocycles. The van der Waals surface area contributed by atoms with Gasteiger partial charge in [-0.3, -0.25) is 4.79 Å². The Labute approximate surface area is 147 Å². The molecular weight excluding hydrogens is 339 g/mol. The Hall–Kier alpha value is -0.820. The van der Waals surface area contributed by atoms with E-state index in [2.05, 4.69) is 0 Å². The number of hydrogen-bond acceptors (Lipinski definition) is 4. The van der Waals surface area contributed by atoms with Crippen LogP contribution in [0.2, 0.25) is 0 Å². The first-order valence-electron chi connectivity index (χ1n) is 7.44. The van der Waals surface area contributed by atoms with Crippen LogP contribution in [0.5, 0.6) is 0 Å². The van der Waals surface area contributed by atoms with Gasteiger partial charge in [0, 0.05) is 6.54 Å². The van der Waals surface area contributed by atoms with E-state index in [-0.39, 0.29) is 30.2 Å². The fourth-order valence-electron chi connectivity index (χ4n) is 2.52. The molecule has 1 aliphatic heterocycles. The molecule has 0 saturated carbocycles. The fourth-order valence-corrected chi connectivity index (χ4v) is 3.01. The molecule has 1 aromatic rings. The van der Waals surface area contributed by atoms with E-state index in [9.17, 15) is 9.18 Å². The van der Waals surface area contributed by atoms with Gasteiger partial charge in [-0.1, -0.05) is 12.1 Å². The molecule has 4 nitrogen and oxygen atoms in total. The maximum atomic E-state index is 13.4. The van der Waals surface area contributed by atoms with Crippen LogP contribution in [-0.4, -0.2) is 48.6 Å². The highest BCUT2D eigenvalue weighted by atomic mass is 35.5. The Bertz CT molecular complexity index is 533. The van der Waals surface area contributed by atoms with Crippen molar-refractivity contribution in [1.29, 1.82) is 0 Å². The van der Waals surface area contributed by atoms with E-state index < -0.39 is 6.04 Å². The molecule has 0 bridgehead atoms. The maximum absolute atomic E-state index is 13.4. The van der Waals surface area contributed by atoms with Gasteiger partial charge >= 0.3 is 0 Å². The molecular formula is C16H24ClFN2O2S. The van der Waals surface area contributed by atoms with Crippen molar-refractivity contribution in [3.05, 3.63) is 35.1 Å². The number of hydrogen-bond donors (Lipinski definition) is 1. The van der Waals surface area contributed by atoms with Gasteiger partial charge in [0.25, 0.3) is 0 Å². The van der Waals surface area contributed by atoms with Crippen molar-refractivity contribution in [2.45, 2.75) is 25.5 Å². The minimum absolute atomic E-state index is 0. The number of carbonyl (C=O) groups is 1. The van der Waals surface area contributed by atoms with E-state index in [0.29, 0.717) is 31.7 Å². The summed E-state index contributed by atoms with van der Waals surface area (Å²) < 4.78 is 19.1. The summed E-state index contributed by atoms with van der Waals surface area (Å²) in [6.45, 7) is 3.23. The molecule has 2 rings (SSSR count). The minimum atomic E-state index is -0.457. The predicted molar refractivity (Wildman–Crippen MR) is 94.6 cm³/mol. The van der Waals surface area contributed by atoms with Gasteiger partial charge in [-0.15, -0.1) is 12.4 Å². The van der Waals surface area contributed by atoms with Crippen molar-refractivity contribution >= 4 is 30.1 Å². The molecule has 1 aromatic carbocycles. The molecule has 1 amide bonds. The van der Waals surface area contributed by atoms with E-state index in [0.717, 1.165) is 11.3 Å². The van der Waals surface area contributed by atoms with Crippen LogP contribution in [0.3, 0.4) is 0 Å². The van der Waals surface area contributed by atoms with E-state index in [1.54, 1.807) is 35.7 Å². The quantitative estimate of drug-likeness (QED) is 0.874. The second-order valence-electron chi connectivity index (χ2n) is 5.54. The van der Waals surface area contributed by atoms with Crippen LogP contribution < -0.4 is 5.73 Å². The van der Waals surface area contributed by atoms with Crippen molar-refractivity contribution in [2.75, 3.05) is 31.7 Å². The highest BCUT2D eigenvalue weighted by Gasteiger charge is 2.28. The normalized spacial score (nSPS) is 19.1. The van der Waals surface area contributed by atoms with Gasteiger partial charge in [-0.2, -0.15) is 11.8 Å². The average molecular weight is 363 g/mol. The topological polar surface area (TPSA) is 55.6 Å². The largest absolute Gasteiger partial charge is 0.370 e. The molecule has 2 atom stereocenters. The zero-order valence-corrected chi connectivity index (χ0v) is 15.1. The second-order valence-corrected chi connectivity index (χ2v) is 6.53. The summed E-state index contributed by atoms with van der Waals surface area (Å²) in [6.07, 6.45) is 2.46. The fraction of sp³-hybridized carbons (Fsp3) is 0.562. The minimum Gasteiger partial charge on any atom is -0.370 e. The molecule has 1 unspecified atom stereocenters. The highest BCUT2D eigenvalue weighted by Crippen LogP contribution is 2.24. The van der Waals surface area contributed by atoms with E-state index in [4.69, 9.17) is 10.5 Å². The van der Waals surface area contributed by atoms with Crippen LogP contribution in [0.4, 0.5) is 4.39 Å². The van der Waals surface area contributed by atoms with Crippen molar-refractivity contribution in [3.8, 4) is 0 Å². The monoisotopic (exact) mass is 362 g/mol. The van der Waals surface area contributed by atoms with Crippen LogP contribution in [0, 0.1) is 12.7 Å². The summed E-state index contributed by atoms with van der Waals surface area (Å²) in [6, 6.07) is 4.48. The van der Waals surface area contributed by atoms with Gasteiger partial charge in [0.05, 0.1) is 19.2 Å². The predicted octanol–water partition coefficient (Wildman–Crippen LogP) is 2.54. The number of aryl methyl sites for hydroxylation is 1. The lowest BCUT2D eigenvalue weighted by atomic mass is 10.0. The summed E-state index contributed by atoms with van der Waals surface area (Å²) in [5.41, 5.74) is 7.45. The van der Waals surface area contributed by atoms with Crippen molar-refractivity contribution in [1.82, 2.24) is 4.90 Å². The van der Waals surface area contributed by atoms with Crippen LogP contribution in [0.25, 0.3) is 0 Å². The molecule has 0 spiro atoms. The van der Waals surface area contributed by atoms with E-state index >= 15 is 0 Å². The maximum Gasteiger partial charge on any atom is 0.239 e. The lowest BCUT2D eigenvalue weighted by Gasteiger charge is -2.34. The first-order chi connectivity index (χ1) is 10.5. The van der Waals surface area contributed by atoms with Gasteiger partial charge < -0.3 is 15.4 Å². The molecule has 0 aliphatic carbocycles. The molecule has 2 N–H and O–H groups in total. The number of ether oxygens (including phenoxy) is 1. The standard InChI is InChI=1S/C16H23FN2O2S.ClH/c1-11-9-12(3-4-13(11)17)15-10-19(6-7-21-15)16(20)14(18)5-8-22-2;/h3-4,9,14-15H,5-8,10,18H2,1-2H3;1H/t14-,15?;/m0./s1. The summed E-state index contributed by atoms with van der Waals surface area (Å²) in [4.78, 5) is 14.1. The van der Waals surface area contributed by atoms with Gasteiger partial charge in [-0.25, -0.2) is 4.39 Å². The van der Waals surface area contributed by atoms with Gasteiger partial charge in [0.2, 0.25) is 5.91 Å². The number of amides is 1. The third-order valence-electron chi connectivity index (χ3n) is 3.88. The Morgan fingerprint density at radius 2 is 2.30 bits per heavy atom. The number of thioether (sulfide) groups is 1. The molecule has 0 aromatic heterocycles. The second kappa shape index (κ2) is 9.47. The highest BCUT2D eigenvalue weighted by molar-refractivity contribution is 7.98. The SMILES string of the molecule is CSCC[C@H](N)C(=O)N1CCOC(c2ccc(F)c(C)c2)C1.Cl. The van der Waals surface area contributed by atoms with Gasteiger partial charge in [0.1, 0.15) is 11.9 Å². The average Bonchev–Trinajstić information content (AvgIpc) is 2.54. The summed E-state index contributed by atoms with van der Waals surface area (Å²) in [5, 5.41) is 0. The molecule has 7 heteroatoms. The molecule has 23 heavy (non-hydrogen) atoms. The van der Waals surface area contributed by atoms with Gasteiger partial charge in [0.15, 0.2) is 0 Å². The first kappa shape index (κ1) is 20.2. The van der Waals surface area contributed by atoms with E-state index in [1.165, 1.54) is 6.07 Å². The Morgan fingerprint density at radius 1 is 1.57 bits per heavy atom. The van der Waals surface area contributed by atoms with Crippen molar-refractivity contribution < 1.29 is 13.9 Å². The lowest BCUT2D eigenvalue weighted by Crippen LogP contribution is -2.49. The van der Waals surface area contributed by atoms with Crippen LogP contribution in [-0.2, 0) is 9.53 Å². The van der Waals surface area contributed by atoms with E-state index in [1.807, 2.05) is 6.26 Å².